The van der Waals surface area contributed by atoms with Crippen LogP contribution in [0.25, 0.3) is 0 Å². The van der Waals surface area contributed by atoms with Crippen LogP contribution in [0, 0.1) is 11.8 Å². The molecule has 2 aliphatic rings. The number of nitrogens with one attached hydrogen (secondary N) is 1. The number of hydrogen-bond acceptors (Lipinski definition) is 1. The quantitative estimate of drug-likeness (QED) is 0.611. The van der Waals surface area contributed by atoms with E-state index in [-0.39, 0.29) is 0 Å². The number of alkyl halides is 1. The van der Waals surface area contributed by atoms with Crippen LogP contribution >= 0.6 is 0 Å². The van der Waals surface area contributed by atoms with Crippen molar-refractivity contribution in [3.8, 4) is 0 Å². The Morgan fingerprint density at radius 2 is 2.00 bits per heavy atom. The minimum Gasteiger partial charge on any atom is -0.314 e. The zero-order valence-corrected chi connectivity index (χ0v) is 6.85. The highest BCUT2D eigenvalue weighted by Gasteiger charge is 2.34. The molecule has 1 heterocycles. The molecule has 0 aromatic rings. The Balaban J connectivity index is 1.88. The number of hydrogen-bond donors (Lipinski definition) is 1. The van der Waals surface area contributed by atoms with Crippen LogP contribution in [0.15, 0.2) is 0 Å². The molecule has 0 aromatic carbocycles. The monoisotopic (exact) mass is 157 g/mol. The summed E-state index contributed by atoms with van der Waals surface area (Å²) in [4.78, 5) is 0. The van der Waals surface area contributed by atoms with Gasteiger partial charge in [-0.3, -0.25) is 0 Å². The van der Waals surface area contributed by atoms with Crippen molar-refractivity contribution in [2.24, 2.45) is 11.8 Å². The molecule has 64 valence electrons. The third-order valence-electron chi connectivity index (χ3n) is 3.21. The molecule has 1 aliphatic carbocycles. The highest BCUT2D eigenvalue weighted by molar-refractivity contribution is 4.86. The molecule has 11 heavy (non-hydrogen) atoms. The third kappa shape index (κ3) is 1.41. The molecule has 0 spiro atoms. The third-order valence-corrected chi connectivity index (χ3v) is 3.21. The largest absolute Gasteiger partial charge is 0.314 e. The van der Waals surface area contributed by atoms with Gasteiger partial charge in [0.25, 0.3) is 0 Å². The van der Waals surface area contributed by atoms with Gasteiger partial charge in [-0.25, -0.2) is 4.39 Å². The van der Waals surface area contributed by atoms with Gasteiger partial charge in [-0.15, -0.1) is 0 Å². The van der Waals surface area contributed by atoms with E-state index in [1.165, 1.54) is 19.3 Å². The average molecular weight is 157 g/mol. The molecular formula is C9H16FN. The molecule has 1 saturated carbocycles. The SMILES string of the molecule is F[C@@H]1CNCC[C@@H]1C1CCC1. The number of rotatable bonds is 1. The Kier molecular flexibility index (Phi) is 2.12. The van der Waals surface area contributed by atoms with Crippen LogP contribution in [-0.2, 0) is 0 Å². The van der Waals surface area contributed by atoms with E-state index in [9.17, 15) is 4.39 Å². The molecule has 0 aromatic heterocycles. The van der Waals surface area contributed by atoms with Gasteiger partial charge in [0.05, 0.1) is 0 Å². The second-order valence-electron chi connectivity index (χ2n) is 3.86. The molecule has 2 heteroatoms. The Morgan fingerprint density at radius 3 is 2.55 bits per heavy atom. The highest BCUT2D eigenvalue weighted by atomic mass is 19.1. The maximum absolute atomic E-state index is 13.3. The molecule has 1 aliphatic heterocycles. The predicted octanol–water partition coefficient (Wildman–Crippen LogP) is 1.73. The lowest BCUT2D eigenvalue weighted by molar-refractivity contribution is 0.0816. The van der Waals surface area contributed by atoms with Crippen molar-refractivity contribution >= 4 is 0 Å². The van der Waals surface area contributed by atoms with Gasteiger partial charge in [-0.2, -0.15) is 0 Å². The molecule has 1 N–H and O–H groups in total. The van der Waals surface area contributed by atoms with Crippen molar-refractivity contribution in [2.75, 3.05) is 13.1 Å². The molecule has 2 fully saturated rings. The predicted molar refractivity (Wildman–Crippen MR) is 43.2 cm³/mol. The van der Waals surface area contributed by atoms with Crippen molar-refractivity contribution < 1.29 is 4.39 Å². The van der Waals surface area contributed by atoms with E-state index in [2.05, 4.69) is 5.32 Å². The topological polar surface area (TPSA) is 12.0 Å². The molecule has 2 rings (SSSR count). The second-order valence-corrected chi connectivity index (χ2v) is 3.86. The van der Waals surface area contributed by atoms with Crippen molar-refractivity contribution in [3.05, 3.63) is 0 Å². The van der Waals surface area contributed by atoms with Crippen LogP contribution in [0.3, 0.4) is 0 Å². The molecule has 1 saturated heterocycles. The number of piperidine rings is 1. The van der Waals surface area contributed by atoms with Gasteiger partial charge in [-0.05, 0) is 24.8 Å². The van der Waals surface area contributed by atoms with Crippen molar-refractivity contribution in [1.82, 2.24) is 5.32 Å². The van der Waals surface area contributed by atoms with Crippen molar-refractivity contribution in [1.29, 1.82) is 0 Å². The summed E-state index contributed by atoms with van der Waals surface area (Å²) < 4.78 is 13.3. The van der Waals surface area contributed by atoms with Gasteiger partial charge < -0.3 is 5.32 Å². The minimum atomic E-state index is -0.561. The zero-order valence-electron chi connectivity index (χ0n) is 6.85. The lowest BCUT2D eigenvalue weighted by atomic mass is 9.72. The standard InChI is InChI=1S/C9H16FN/c10-9-6-11-5-4-8(9)7-2-1-3-7/h7-9,11H,1-6H2/t8-,9-/m1/s1. The van der Waals surface area contributed by atoms with Crippen LogP contribution in [0.4, 0.5) is 4.39 Å². The van der Waals surface area contributed by atoms with Crippen molar-refractivity contribution in [3.63, 3.8) is 0 Å². The van der Waals surface area contributed by atoms with E-state index < -0.39 is 6.17 Å². The van der Waals surface area contributed by atoms with E-state index in [4.69, 9.17) is 0 Å². The lowest BCUT2D eigenvalue weighted by Crippen LogP contribution is -2.42. The Hall–Kier alpha value is -0.110. The Bertz CT molecular complexity index is 132. The fraction of sp³-hybridized carbons (Fsp3) is 1.00. The first-order valence-corrected chi connectivity index (χ1v) is 4.72. The van der Waals surface area contributed by atoms with Gasteiger partial charge in [-0.1, -0.05) is 19.3 Å². The van der Waals surface area contributed by atoms with Crippen molar-refractivity contribution in [2.45, 2.75) is 31.9 Å². The van der Waals surface area contributed by atoms with Gasteiger partial charge in [0.1, 0.15) is 6.17 Å². The first-order valence-electron chi connectivity index (χ1n) is 4.72. The lowest BCUT2D eigenvalue weighted by Gasteiger charge is -2.38. The molecule has 0 amide bonds. The average Bonchev–Trinajstić information content (AvgIpc) is 1.90. The fourth-order valence-electron chi connectivity index (χ4n) is 2.24. The molecule has 0 bridgehead atoms. The van der Waals surface area contributed by atoms with E-state index in [0.29, 0.717) is 12.5 Å². The van der Waals surface area contributed by atoms with Gasteiger partial charge in [0.2, 0.25) is 0 Å². The summed E-state index contributed by atoms with van der Waals surface area (Å²) in [6.07, 6.45) is 4.40. The molecule has 0 radical (unpaired) electrons. The summed E-state index contributed by atoms with van der Waals surface area (Å²) in [5, 5.41) is 3.09. The maximum Gasteiger partial charge on any atom is 0.116 e. The zero-order chi connectivity index (χ0) is 7.68. The first kappa shape index (κ1) is 7.53. The summed E-state index contributed by atoms with van der Waals surface area (Å²) >= 11 is 0. The van der Waals surface area contributed by atoms with E-state index in [0.717, 1.165) is 18.9 Å². The van der Waals surface area contributed by atoms with Crippen LogP contribution in [0.1, 0.15) is 25.7 Å². The highest BCUT2D eigenvalue weighted by Crippen LogP contribution is 2.38. The molecular weight excluding hydrogens is 141 g/mol. The normalized spacial score (nSPS) is 40.1. The molecule has 1 nitrogen and oxygen atoms in total. The summed E-state index contributed by atoms with van der Waals surface area (Å²) in [5.41, 5.74) is 0. The summed E-state index contributed by atoms with van der Waals surface area (Å²) in [5.74, 6) is 1.12. The number of halogens is 1. The maximum atomic E-state index is 13.3. The summed E-state index contributed by atoms with van der Waals surface area (Å²) in [7, 11) is 0. The van der Waals surface area contributed by atoms with Gasteiger partial charge in [0, 0.05) is 6.54 Å². The Morgan fingerprint density at radius 1 is 1.18 bits per heavy atom. The van der Waals surface area contributed by atoms with Gasteiger partial charge in [0.15, 0.2) is 0 Å². The first-order chi connectivity index (χ1) is 5.38. The van der Waals surface area contributed by atoms with Crippen LogP contribution in [0.2, 0.25) is 0 Å². The van der Waals surface area contributed by atoms with Crippen LogP contribution < -0.4 is 5.32 Å². The van der Waals surface area contributed by atoms with Crippen LogP contribution in [-0.4, -0.2) is 19.3 Å². The molecule has 2 atom stereocenters. The second kappa shape index (κ2) is 3.10. The minimum absolute atomic E-state index is 0.394. The Labute approximate surface area is 67.4 Å². The molecule has 0 unspecified atom stereocenters. The van der Waals surface area contributed by atoms with Gasteiger partial charge >= 0.3 is 0 Å². The summed E-state index contributed by atoms with van der Waals surface area (Å²) in [6.45, 7) is 1.63. The summed E-state index contributed by atoms with van der Waals surface area (Å²) in [6, 6.07) is 0. The smallest absolute Gasteiger partial charge is 0.116 e. The van der Waals surface area contributed by atoms with E-state index in [1.54, 1.807) is 0 Å². The van der Waals surface area contributed by atoms with E-state index in [1.807, 2.05) is 0 Å². The van der Waals surface area contributed by atoms with Crippen LogP contribution in [0.5, 0.6) is 0 Å². The van der Waals surface area contributed by atoms with E-state index >= 15 is 0 Å². The fourth-order valence-corrected chi connectivity index (χ4v) is 2.24.